The maximum absolute atomic E-state index is 12.8. The van der Waals surface area contributed by atoms with Gasteiger partial charge in [-0.1, -0.05) is 35.9 Å². The van der Waals surface area contributed by atoms with Gasteiger partial charge in [-0.3, -0.25) is 0 Å². The smallest absolute Gasteiger partial charge is 0.338 e. The van der Waals surface area contributed by atoms with Gasteiger partial charge in [0.25, 0.3) is 0 Å². The average Bonchev–Trinajstić information content (AvgIpc) is 3.17. The Hall–Kier alpha value is -3.32. The first kappa shape index (κ1) is 20.0. The number of nitrogens with one attached hydrogen (secondary N) is 1. The molecule has 4 rings (SSSR count). The topological polar surface area (TPSA) is 78.3 Å². The number of fused-ring (bicyclic) bond motifs is 1. The molecule has 2 aromatic carbocycles. The first-order valence-corrected chi connectivity index (χ1v) is 9.91. The van der Waals surface area contributed by atoms with Gasteiger partial charge in [-0.2, -0.15) is 4.98 Å². The van der Waals surface area contributed by atoms with Crippen molar-refractivity contribution in [1.29, 1.82) is 0 Å². The molecule has 0 bridgehead atoms. The summed E-state index contributed by atoms with van der Waals surface area (Å²) in [7, 11) is 1.61. The van der Waals surface area contributed by atoms with Crippen molar-refractivity contribution in [3.05, 3.63) is 70.4 Å². The Kier molecular flexibility index (Phi) is 5.46. The maximum atomic E-state index is 12.8. The standard InChI is InChI=1S/C22H21ClN4O3/c1-4-30-21(28)18-13(2)24-22-25-20(16-7-5-6-8-17(16)29-3)26-27(22)19(18)14-9-11-15(23)12-10-14/h5-12,19H,4H2,1-3H3,(H,24,25,26)/t19-/m1/s1. The predicted molar refractivity (Wildman–Crippen MR) is 115 cm³/mol. The Morgan fingerprint density at radius 2 is 1.93 bits per heavy atom. The highest BCUT2D eigenvalue weighted by molar-refractivity contribution is 6.30. The van der Waals surface area contributed by atoms with Crippen LogP contribution < -0.4 is 10.1 Å². The van der Waals surface area contributed by atoms with Gasteiger partial charge in [-0.25, -0.2) is 9.48 Å². The summed E-state index contributed by atoms with van der Waals surface area (Å²) in [4.78, 5) is 17.5. The summed E-state index contributed by atoms with van der Waals surface area (Å²) in [6.07, 6.45) is 0. The van der Waals surface area contributed by atoms with Crippen LogP contribution in [0.2, 0.25) is 5.02 Å². The largest absolute Gasteiger partial charge is 0.496 e. The monoisotopic (exact) mass is 424 g/mol. The van der Waals surface area contributed by atoms with Crippen molar-refractivity contribution in [2.24, 2.45) is 0 Å². The molecule has 1 aliphatic heterocycles. The van der Waals surface area contributed by atoms with Gasteiger partial charge in [0, 0.05) is 10.7 Å². The van der Waals surface area contributed by atoms with E-state index in [1.807, 2.05) is 43.3 Å². The van der Waals surface area contributed by atoms with Crippen LogP contribution in [0.15, 0.2) is 59.8 Å². The molecule has 0 radical (unpaired) electrons. The van der Waals surface area contributed by atoms with E-state index in [-0.39, 0.29) is 6.61 Å². The summed E-state index contributed by atoms with van der Waals surface area (Å²) >= 11 is 6.08. The molecule has 0 unspecified atom stereocenters. The van der Waals surface area contributed by atoms with E-state index in [1.165, 1.54) is 0 Å². The lowest BCUT2D eigenvalue weighted by Crippen LogP contribution is -2.29. The van der Waals surface area contributed by atoms with Crippen molar-refractivity contribution in [1.82, 2.24) is 14.8 Å². The van der Waals surface area contributed by atoms with E-state index in [1.54, 1.807) is 30.8 Å². The van der Waals surface area contributed by atoms with Crippen LogP contribution in [0.1, 0.15) is 25.5 Å². The summed E-state index contributed by atoms with van der Waals surface area (Å²) < 4.78 is 12.5. The van der Waals surface area contributed by atoms with Crippen LogP contribution >= 0.6 is 11.6 Å². The number of aromatic nitrogens is 3. The minimum absolute atomic E-state index is 0.277. The summed E-state index contributed by atoms with van der Waals surface area (Å²) in [6, 6.07) is 14.3. The van der Waals surface area contributed by atoms with Crippen molar-refractivity contribution < 1.29 is 14.3 Å². The van der Waals surface area contributed by atoms with Crippen molar-refractivity contribution in [3.63, 3.8) is 0 Å². The SMILES string of the molecule is CCOC(=O)C1=C(C)Nc2nc(-c3ccccc3OC)nn2[C@@H]1c1ccc(Cl)cc1. The third-order valence-corrected chi connectivity index (χ3v) is 5.13. The zero-order chi connectivity index (χ0) is 21.3. The molecule has 1 N–H and O–H groups in total. The van der Waals surface area contributed by atoms with E-state index in [0.29, 0.717) is 33.8 Å². The third-order valence-electron chi connectivity index (χ3n) is 4.88. The number of carbonyl (C=O) groups excluding carboxylic acids is 1. The molecule has 1 atom stereocenters. The zero-order valence-corrected chi connectivity index (χ0v) is 17.6. The molecule has 8 heteroatoms. The van der Waals surface area contributed by atoms with Gasteiger partial charge < -0.3 is 14.8 Å². The molecular weight excluding hydrogens is 404 g/mol. The third kappa shape index (κ3) is 3.52. The molecule has 0 saturated carbocycles. The minimum Gasteiger partial charge on any atom is -0.496 e. The Morgan fingerprint density at radius 1 is 1.20 bits per heavy atom. The van der Waals surface area contributed by atoms with E-state index < -0.39 is 12.0 Å². The van der Waals surface area contributed by atoms with Gasteiger partial charge in [0.15, 0.2) is 5.82 Å². The Labute approximate surface area is 179 Å². The van der Waals surface area contributed by atoms with Crippen molar-refractivity contribution in [2.75, 3.05) is 19.0 Å². The fourth-order valence-corrected chi connectivity index (χ4v) is 3.65. The minimum atomic E-state index is -0.506. The molecule has 0 amide bonds. The maximum Gasteiger partial charge on any atom is 0.338 e. The molecule has 0 spiro atoms. The highest BCUT2D eigenvalue weighted by Crippen LogP contribution is 2.38. The van der Waals surface area contributed by atoms with E-state index in [4.69, 9.17) is 26.2 Å². The Bertz CT molecular complexity index is 1120. The Balaban J connectivity index is 1.87. The molecule has 30 heavy (non-hydrogen) atoms. The number of halogens is 1. The molecular formula is C22H21ClN4O3. The number of para-hydroxylation sites is 1. The molecule has 0 aliphatic carbocycles. The number of esters is 1. The van der Waals surface area contributed by atoms with Gasteiger partial charge in [0.05, 0.1) is 24.9 Å². The fraction of sp³-hybridized carbons (Fsp3) is 0.227. The lowest BCUT2D eigenvalue weighted by Gasteiger charge is -2.28. The first-order valence-electron chi connectivity index (χ1n) is 9.53. The highest BCUT2D eigenvalue weighted by atomic mass is 35.5. The van der Waals surface area contributed by atoms with E-state index in [9.17, 15) is 4.79 Å². The van der Waals surface area contributed by atoms with Gasteiger partial charge >= 0.3 is 5.97 Å². The second kappa shape index (κ2) is 8.20. The molecule has 3 aromatic rings. The second-order valence-corrected chi connectivity index (χ2v) is 7.18. The van der Waals surface area contributed by atoms with Crippen molar-refractivity contribution >= 4 is 23.5 Å². The summed E-state index contributed by atoms with van der Waals surface area (Å²) in [5.74, 6) is 1.29. The lowest BCUT2D eigenvalue weighted by molar-refractivity contribution is -0.139. The molecule has 154 valence electrons. The van der Waals surface area contributed by atoms with E-state index in [0.717, 1.165) is 11.1 Å². The normalized spacial score (nSPS) is 15.4. The van der Waals surface area contributed by atoms with E-state index >= 15 is 0 Å². The van der Waals surface area contributed by atoms with Crippen LogP contribution in [0.5, 0.6) is 5.75 Å². The quantitative estimate of drug-likeness (QED) is 0.609. The van der Waals surface area contributed by atoms with Gasteiger partial charge in [0.2, 0.25) is 5.95 Å². The number of rotatable bonds is 5. The summed E-state index contributed by atoms with van der Waals surface area (Å²) in [6.45, 7) is 3.89. The molecule has 1 aromatic heterocycles. The van der Waals surface area contributed by atoms with Crippen LogP contribution in [-0.4, -0.2) is 34.5 Å². The predicted octanol–water partition coefficient (Wildman–Crippen LogP) is 4.46. The molecule has 2 heterocycles. The van der Waals surface area contributed by atoms with Crippen LogP contribution in [0, 0.1) is 0 Å². The number of benzene rings is 2. The molecule has 1 aliphatic rings. The van der Waals surface area contributed by atoms with Crippen molar-refractivity contribution in [2.45, 2.75) is 19.9 Å². The van der Waals surface area contributed by atoms with Crippen LogP contribution in [0.4, 0.5) is 5.95 Å². The lowest BCUT2D eigenvalue weighted by atomic mass is 9.96. The van der Waals surface area contributed by atoms with Crippen LogP contribution in [0.25, 0.3) is 11.4 Å². The Morgan fingerprint density at radius 3 is 2.63 bits per heavy atom. The molecule has 0 saturated heterocycles. The number of anilines is 1. The second-order valence-electron chi connectivity index (χ2n) is 6.74. The van der Waals surface area contributed by atoms with Gasteiger partial charge in [0.1, 0.15) is 11.8 Å². The summed E-state index contributed by atoms with van der Waals surface area (Å²) in [5.41, 5.74) is 2.75. The number of hydrogen-bond acceptors (Lipinski definition) is 6. The first-order chi connectivity index (χ1) is 14.5. The average molecular weight is 425 g/mol. The van der Waals surface area contributed by atoms with E-state index in [2.05, 4.69) is 10.3 Å². The fourth-order valence-electron chi connectivity index (χ4n) is 3.52. The van der Waals surface area contributed by atoms with Crippen molar-refractivity contribution in [3.8, 4) is 17.1 Å². The number of ether oxygens (including phenoxy) is 2. The molecule has 0 fully saturated rings. The molecule has 7 nitrogen and oxygen atoms in total. The van der Waals surface area contributed by atoms with Gasteiger partial charge in [-0.05, 0) is 43.7 Å². The highest BCUT2D eigenvalue weighted by Gasteiger charge is 2.35. The number of allylic oxidation sites excluding steroid dienone is 1. The number of nitrogens with zero attached hydrogens (tertiary/aromatic N) is 3. The number of carbonyl (C=O) groups is 1. The van der Waals surface area contributed by atoms with Crippen LogP contribution in [-0.2, 0) is 9.53 Å². The zero-order valence-electron chi connectivity index (χ0n) is 16.8. The number of methoxy groups -OCH3 is 1. The van der Waals surface area contributed by atoms with Crippen LogP contribution in [0.3, 0.4) is 0 Å². The van der Waals surface area contributed by atoms with Gasteiger partial charge in [-0.15, -0.1) is 5.10 Å². The number of hydrogen-bond donors (Lipinski definition) is 1. The summed E-state index contributed by atoms with van der Waals surface area (Å²) in [5, 5.41) is 8.53.